The lowest BCUT2D eigenvalue weighted by Gasteiger charge is -2.38. The third kappa shape index (κ3) is 2.85. The molecule has 2 aromatic carbocycles. The second-order valence-corrected chi connectivity index (χ2v) is 8.19. The average Bonchev–Trinajstić information content (AvgIpc) is 3.31. The van der Waals surface area contributed by atoms with Gasteiger partial charge in [-0.15, -0.1) is 0 Å². The number of rotatable bonds is 3. The van der Waals surface area contributed by atoms with E-state index in [2.05, 4.69) is 35.7 Å². The van der Waals surface area contributed by atoms with Gasteiger partial charge < -0.3 is 15.3 Å². The third-order valence-electron chi connectivity index (χ3n) is 6.32. The number of nitrogens with zero attached hydrogens (tertiary/aromatic N) is 3. The van der Waals surface area contributed by atoms with Crippen LogP contribution in [0.1, 0.15) is 41.3 Å². The molecule has 2 N–H and O–H groups in total. The van der Waals surface area contributed by atoms with Crippen LogP contribution in [-0.2, 0) is 12.0 Å². The Labute approximate surface area is 167 Å². The molecule has 7 nitrogen and oxygen atoms in total. The fraction of sp³-hybridized carbons (Fsp3) is 0.318. The fourth-order valence-corrected chi connectivity index (χ4v) is 4.48. The van der Waals surface area contributed by atoms with E-state index in [4.69, 9.17) is 0 Å². The minimum absolute atomic E-state index is 0.0452. The van der Waals surface area contributed by atoms with Crippen LogP contribution in [0.25, 0.3) is 10.8 Å². The molecule has 2 aliphatic rings. The van der Waals surface area contributed by atoms with Gasteiger partial charge in [0.1, 0.15) is 0 Å². The summed E-state index contributed by atoms with van der Waals surface area (Å²) >= 11 is 0. The lowest BCUT2D eigenvalue weighted by molar-refractivity contribution is 0.0954. The molecule has 0 radical (unpaired) electrons. The molecule has 1 saturated heterocycles. The smallest absolute Gasteiger partial charge is 0.407 e. The zero-order valence-electron chi connectivity index (χ0n) is 16.2. The second kappa shape index (κ2) is 6.34. The normalized spacial score (nSPS) is 17.6. The van der Waals surface area contributed by atoms with Crippen LogP contribution in [0, 0.1) is 0 Å². The maximum absolute atomic E-state index is 12.1. The molecule has 5 rings (SSSR count). The monoisotopic (exact) mass is 390 g/mol. The molecule has 148 valence electrons. The summed E-state index contributed by atoms with van der Waals surface area (Å²) < 4.78 is 1.99. The molecule has 3 heterocycles. The minimum Gasteiger partial charge on any atom is -0.465 e. The quantitative estimate of drug-likeness (QED) is 0.714. The Bertz CT molecular complexity index is 1140. The minimum atomic E-state index is -0.853. The van der Waals surface area contributed by atoms with E-state index in [1.54, 1.807) is 0 Å². The average molecular weight is 390 g/mol. The van der Waals surface area contributed by atoms with Gasteiger partial charge in [-0.2, -0.15) is 5.10 Å². The van der Waals surface area contributed by atoms with E-state index >= 15 is 0 Å². The van der Waals surface area contributed by atoms with Gasteiger partial charge in [0, 0.05) is 42.3 Å². The Morgan fingerprint density at radius 3 is 2.79 bits per heavy atom. The summed E-state index contributed by atoms with van der Waals surface area (Å²) in [6.07, 6.45) is 5.33. The molecule has 0 unspecified atom stereocenters. The van der Waals surface area contributed by atoms with Crippen LogP contribution >= 0.6 is 0 Å². The standard InChI is InChI=1S/C22H22N4O3/c1-22(7-9-25(10-8-22)21(28)29)26-13-14(12-23-26)11-15-5-6-18-19-16(15)3-2-4-17(19)20(27)24-18/h2-6,12-13H,7-11H2,1H3,(H,24,27)(H,28,29). The zero-order valence-corrected chi connectivity index (χ0v) is 16.2. The van der Waals surface area contributed by atoms with Gasteiger partial charge in [0.25, 0.3) is 5.91 Å². The lowest BCUT2D eigenvalue weighted by atomic mass is 9.90. The summed E-state index contributed by atoms with van der Waals surface area (Å²) in [5.74, 6) is -0.0452. The number of aromatic nitrogens is 2. The van der Waals surface area contributed by atoms with Gasteiger partial charge in [-0.25, -0.2) is 4.79 Å². The molecular weight excluding hydrogens is 368 g/mol. The van der Waals surface area contributed by atoms with E-state index in [1.165, 1.54) is 4.90 Å². The number of nitrogens with one attached hydrogen (secondary N) is 1. The maximum Gasteiger partial charge on any atom is 0.407 e. The number of carbonyl (C=O) groups is 2. The number of hydrogen-bond acceptors (Lipinski definition) is 3. The molecule has 7 heteroatoms. The van der Waals surface area contributed by atoms with Crippen LogP contribution in [-0.4, -0.2) is 44.9 Å². The maximum atomic E-state index is 12.1. The van der Waals surface area contributed by atoms with E-state index in [1.807, 2.05) is 29.1 Å². The molecule has 2 amide bonds. The van der Waals surface area contributed by atoms with Crippen molar-refractivity contribution in [3.63, 3.8) is 0 Å². The Hall–Kier alpha value is -3.35. The van der Waals surface area contributed by atoms with Crippen molar-refractivity contribution in [1.29, 1.82) is 0 Å². The number of anilines is 1. The van der Waals surface area contributed by atoms with E-state index in [9.17, 15) is 14.7 Å². The van der Waals surface area contributed by atoms with Crippen LogP contribution in [0.4, 0.5) is 10.5 Å². The van der Waals surface area contributed by atoms with Crippen LogP contribution in [0.2, 0.25) is 0 Å². The first-order valence-electron chi connectivity index (χ1n) is 9.82. The topological polar surface area (TPSA) is 87.5 Å². The van der Waals surface area contributed by atoms with Crippen molar-refractivity contribution in [2.45, 2.75) is 31.7 Å². The molecule has 0 spiro atoms. The second-order valence-electron chi connectivity index (χ2n) is 8.19. The van der Waals surface area contributed by atoms with Gasteiger partial charge in [-0.05, 0) is 48.4 Å². The third-order valence-corrected chi connectivity index (χ3v) is 6.32. The molecule has 0 bridgehead atoms. The highest BCUT2D eigenvalue weighted by Crippen LogP contribution is 2.36. The number of piperidine rings is 1. The largest absolute Gasteiger partial charge is 0.465 e. The van der Waals surface area contributed by atoms with Crippen molar-refractivity contribution in [1.82, 2.24) is 14.7 Å². The summed E-state index contributed by atoms with van der Waals surface area (Å²) in [5.41, 5.74) is 3.69. The molecule has 1 fully saturated rings. The van der Waals surface area contributed by atoms with Crippen molar-refractivity contribution >= 4 is 28.5 Å². The predicted octanol–water partition coefficient (Wildman–Crippen LogP) is 3.68. The SMILES string of the molecule is CC1(n2cc(Cc3ccc4c5c(cccc35)C(=O)N4)cn2)CCN(C(=O)O)CC1. The molecule has 0 aliphatic carbocycles. The summed E-state index contributed by atoms with van der Waals surface area (Å²) in [6, 6.07) is 9.89. The molecule has 1 aromatic heterocycles. The van der Waals surface area contributed by atoms with Crippen molar-refractivity contribution in [3.05, 3.63) is 59.4 Å². The Balaban J connectivity index is 1.41. The first kappa shape index (κ1) is 17.7. The van der Waals surface area contributed by atoms with Gasteiger partial charge >= 0.3 is 6.09 Å². The molecular formula is C22H22N4O3. The van der Waals surface area contributed by atoms with Gasteiger partial charge in [0.05, 0.1) is 11.7 Å². The Morgan fingerprint density at radius 1 is 1.24 bits per heavy atom. The summed E-state index contributed by atoms with van der Waals surface area (Å²) in [6.45, 7) is 3.19. The van der Waals surface area contributed by atoms with E-state index in [-0.39, 0.29) is 11.4 Å². The number of hydrogen-bond donors (Lipinski definition) is 2. The number of benzene rings is 2. The van der Waals surface area contributed by atoms with Crippen LogP contribution < -0.4 is 5.32 Å². The Kier molecular flexibility index (Phi) is 3.87. The van der Waals surface area contributed by atoms with Crippen LogP contribution in [0.15, 0.2) is 42.7 Å². The zero-order chi connectivity index (χ0) is 20.2. The highest BCUT2D eigenvalue weighted by Gasteiger charge is 2.34. The van der Waals surface area contributed by atoms with Crippen LogP contribution in [0.5, 0.6) is 0 Å². The first-order chi connectivity index (χ1) is 13.9. The number of amides is 2. The Morgan fingerprint density at radius 2 is 2.03 bits per heavy atom. The number of carbonyl (C=O) groups excluding carboxylic acids is 1. The van der Waals surface area contributed by atoms with E-state index in [0.717, 1.165) is 52.4 Å². The van der Waals surface area contributed by atoms with Gasteiger partial charge in [-0.3, -0.25) is 9.48 Å². The van der Waals surface area contributed by atoms with Crippen molar-refractivity contribution < 1.29 is 14.7 Å². The summed E-state index contributed by atoms with van der Waals surface area (Å²) in [4.78, 5) is 24.8. The lowest BCUT2D eigenvalue weighted by Crippen LogP contribution is -2.46. The molecule has 3 aromatic rings. The molecule has 2 aliphatic heterocycles. The van der Waals surface area contributed by atoms with E-state index < -0.39 is 6.09 Å². The first-order valence-corrected chi connectivity index (χ1v) is 9.82. The summed E-state index contributed by atoms with van der Waals surface area (Å²) in [5, 5.41) is 18.8. The number of carboxylic acid groups (broad SMARTS) is 1. The summed E-state index contributed by atoms with van der Waals surface area (Å²) in [7, 11) is 0. The molecule has 0 saturated carbocycles. The fourth-order valence-electron chi connectivity index (χ4n) is 4.48. The highest BCUT2D eigenvalue weighted by molar-refractivity contribution is 6.24. The van der Waals surface area contributed by atoms with Crippen molar-refractivity contribution in [2.75, 3.05) is 18.4 Å². The molecule has 29 heavy (non-hydrogen) atoms. The predicted molar refractivity (Wildman–Crippen MR) is 109 cm³/mol. The van der Waals surface area contributed by atoms with E-state index in [0.29, 0.717) is 13.1 Å². The van der Waals surface area contributed by atoms with Crippen LogP contribution in [0.3, 0.4) is 0 Å². The highest BCUT2D eigenvalue weighted by atomic mass is 16.4. The molecule has 0 atom stereocenters. The van der Waals surface area contributed by atoms with Crippen molar-refractivity contribution in [2.24, 2.45) is 0 Å². The number of likely N-dealkylation sites (tertiary alicyclic amines) is 1. The van der Waals surface area contributed by atoms with Gasteiger partial charge in [0.15, 0.2) is 0 Å². The van der Waals surface area contributed by atoms with Crippen molar-refractivity contribution in [3.8, 4) is 0 Å². The van der Waals surface area contributed by atoms with Gasteiger partial charge in [0.2, 0.25) is 0 Å². The van der Waals surface area contributed by atoms with Gasteiger partial charge in [-0.1, -0.05) is 18.2 Å².